The highest BCUT2D eigenvalue weighted by molar-refractivity contribution is 7.15. The number of rotatable bonds is 7. The average Bonchev–Trinajstić information content (AvgIpc) is 3.24. The number of nitrogens with one attached hydrogen (secondary N) is 1. The lowest BCUT2D eigenvalue weighted by Crippen LogP contribution is -2.39. The summed E-state index contributed by atoms with van der Waals surface area (Å²) in [5, 5.41) is 5.41. The Morgan fingerprint density at radius 3 is 2.42 bits per heavy atom. The molecule has 0 spiro atoms. The molecule has 33 heavy (non-hydrogen) atoms. The third-order valence-corrected chi connectivity index (χ3v) is 7.13. The van der Waals surface area contributed by atoms with E-state index in [0.29, 0.717) is 23.0 Å². The van der Waals surface area contributed by atoms with Crippen molar-refractivity contribution in [1.29, 1.82) is 0 Å². The van der Waals surface area contributed by atoms with E-state index in [9.17, 15) is 9.59 Å². The molecule has 0 saturated carbocycles. The van der Waals surface area contributed by atoms with Crippen molar-refractivity contribution in [2.45, 2.75) is 26.2 Å². The van der Waals surface area contributed by atoms with Crippen LogP contribution in [0.3, 0.4) is 0 Å². The van der Waals surface area contributed by atoms with Gasteiger partial charge in [-0.05, 0) is 56.3 Å². The quantitative estimate of drug-likeness (QED) is 0.478. The van der Waals surface area contributed by atoms with Gasteiger partial charge in [-0.1, -0.05) is 60.2 Å². The zero-order valence-electron chi connectivity index (χ0n) is 19.2. The smallest absolute Gasteiger partial charge is 0.341 e. The van der Waals surface area contributed by atoms with Crippen molar-refractivity contribution in [2.24, 2.45) is 5.92 Å². The van der Waals surface area contributed by atoms with Crippen LogP contribution in [0.1, 0.15) is 34.3 Å². The van der Waals surface area contributed by atoms with Gasteiger partial charge in [-0.15, -0.1) is 11.3 Å². The minimum Gasteiger partial charge on any atom is -0.465 e. The fourth-order valence-electron chi connectivity index (χ4n) is 4.37. The molecule has 1 saturated heterocycles. The minimum atomic E-state index is -0.441. The number of nitrogens with zero attached hydrogens (tertiary/aromatic N) is 1. The Balaban J connectivity index is 1.37. The van der Waals surface area contributed by atoms with Gasteiger partial charge in [0, 0.05) is 10.9 Å². The molecule has 172 valence electrons. The first kappa shape index (κ1) is 23.2. The van der Waals surface area contributed by atoms with Crippen LogP contribution >= 0.6 is 11.3 Å². The summed E-state index contributed by atoms with van der Waals surface area (Å²) in [6.45, 7) is 4.17. The van der Waals surface area contributed by atoms with Crippen molar-refractivity contribution in [1.82, 2.24) is 4.90 Å². The Labute approximate surface area is 199 Å². The Hall–Kier alpha value is -2.96. The van der Waals surface area contributed by atoms with Gasteiger partial charge in [-0.3, -0.25) is 9.69 Å². The van der Waals surface area contributed by atoms with Crippen LogP contribution in [-0.2, 0) is 16.0 Å². The van der Waals surface area contributed by atoms with Gasteiger partial charge in [0.1, 0.15) is 10.6 Å². The van der Waals surface area contributed by atoms with Crippen LogP contribution in [0.15, 0.2) is 60.0 Å². The van der Waals surface area contributed by atoms with Crippen molar-refractivity contribution in [3.05, 3.63) is 76.7 Å². The van der Waals surface area contributed by atoms with Gasteiger partial charge < -0.3 is 10.1 Å². The molecule has 1 amide bonds. The number of thiophene rings is 1. The monoisotopic (exact) mass is 462 g/mol. The molecule has 3 aromatic rings. The van der Waals surface area contributed by atoms with E-state index in [2.05, 4.69) is 34.5 Å². The molecule has 1 aromatic heterocycles. The number of anilines is 1. The second kappa shape index (κ2) is 10.8. The Morgan fingerprint density at radius 2 is 1.76 bits per heavy atom. The van der Waals surface area contributed by atoms with Crippen LogP contribution in [0.2, 0.25) is 0 Å². The van der Waals surface area contributed by atoms with Gasteiger partial charge in [0.15, 0.2) is 0 Å². The number of amides is 1. The van der Waals surface area contributed by atoms with E-state index in [-0.39, 0.29) is 5.91 Å². The Bertz CT molecular complexity index is 1080. The predicted molar refractivity (Wildman–Crippen MR) is 134 cm³/mol. The number of ether oxygens (including phenoxy) is 1. The molecule has 1 aliphatic heterocycles. The number of esters is 1. The highest BCUT2D eigenvalue weighted by Gasteiger charge is 2.24. The summed E-state index contributed by atoms with van der Waals surface area (Å²) < 4.78 is 5.02. The molecule has 6 heteroatoms. The molecular weight excluding hydrogens is 432 g/mol. The number of piperidine rings is 1. The second-order valence-electron chi connectivity index (χ2n) is 8.67. The van der Waals surface area contributed by atoms with Crippen molar-refractivity contribution >= 4 is 28.2 Å². The molecule has 1 N–H and O–H groups in total. The Morgan fingerprint density at radius 1 is 1.06 bits per heavy atom. The normalized spacial score (nSPS) is 14.7. The van der Waals surface area contributed by atoms with Gasteiger partial charge in [0.2, 0.25) is 5.91 Å². The fourth-order valence-corrected chi connectivity index (χ4v) is 5.34. The topological polar surface area (TPSA) is 58.6 Å². The number of likely N-dealkylation sites (tertiary alicyclic amines) is 1. The molecule has 5 nitrogen and oxygen atoms in total. The maximum Gasteiger partial charge on any atom is 0.341 e. The standard InChI is InChI=1S/C27H30N2O3S/c1-19-8-10-22(11-9-19)23-18-33-26(25(23)27(31)32-2)28-24(30)17-29-14-12-21(13-15-29)16-20-6-4-3-5-7-20/h3-11,18,21H,12-17H2,1-2H3,(H,28,30). The van der Waals surface area contributed by atoms with Gasteiger partial charge in [-0.25, -0.2) is 4.79 Å². The third-order valence-electron chi connectivity index (χ3n) is 6.24. The van der Waals surface area contributed by atoms with Crippen LogP contribution in [0.25, 0.3) is 11.1 Å². The first-order valence-corrected chi connectivity index (χ1v) is 12.2. The van der Waals surface area contributed by atoms with E-state index >= 15 is 0 Å². The van der Waals surface area contributed by atoms with Gasteiger partial charge >= 0.3 is 5.97 Å². The largest absolute Gasteiger partial charge is 0.465 e. The highest BCUT2D eigenvalue weighted by atomic mass is 32.1. The van der Waals surface area contributed by atoms with Crippen LogP contribution < -0.4 is 5.32 Å². The molecule has 4 rings (SSSR count). The molecule has 0 radical (unpaired) electrons. The molecular formula is C27H30N2O3S. The molecule has 0 atom stereocenters. The van der Waals surface area contributed by atoms with E-state index in [0.717, 1.165) is 49.0 Å². The molecule has 1 aliphatic rings. The molecule has 0 bridgehead atoms. The number of hydrogen-bond acceptors (Lipinski definition) is 5. The van der Waals surface area contributed by atoms with Crippen molar-refractivity contribution in [3.8, 4) is 11.1 Å². The van der Waals surface area contributed by atoms with E-state index in [1.54, 1.807) is 0 Å². The number of carbonyl (C=O) groups is 2. The number of methoxy groups -OCH3 is 1. The van der Waals surface area contributed by atoms with E-state index in [4.69, 9.17) is 4.74 Å². The number of aryl methyl sites for hydroxylation is 1. The zero-order valence-corrected chi connectivity index (χ0v) is 20.0. The second-order valence-corrected chi connectivity index (χ2v) is 9.55. The van der Waals surface area contributed by atoms with Crippen LogP contribution in [0.4, 0.5) is 5.00 Å². The summed E-state index contributed by atoms with van der Waals surface area (Å²) in [6.07, 6.45) is 3.28. The summed E-state index contributed by atoms with van der Waals surface area (Å²) in [4.78, 5) is 27.5. The van der Waals surface area contributed by atoms with Gasteiger partial charge in [0.05, 0.1) is 13.7 Å². The Kier molecular flexibility index (Phi) is 7.57. The van der Waals surface area contributed by atoms with Crippen LogP contribution in [0, 0.1) is 12.8 Å². The molecule has 2 aromatic carbocycles. The summed E-state index contributed by atoms with van der Waals surface area (Å²) in [6, 6.07) is 18.6. The number of carbonyl (C=O) groups excluding carboxylic acids is 2. The van der Waals surface area contributed by atoms with Crippen molar-refractivity contribution < 1.29 is 14.3 Å². The van der Waals surface area contributed by atoms with Gasteiger partial charge in [-0.2, -0.15) is 0 Å². The first-order chi connectivity index (χ1) is 16.0. The zero-order chi connectivity index (χ0) is 23.2. The van der Waals surface area contributed by atoms with Crippen molar-refractivity contribution in [2.75, 3.05) is 32.1 Å². The SMILES string of the molecule is COC(=O)c1c(-c2ccc(C)cc2)csc1NC(=O)CN1CCC(Cc2ccccc2)CC1. The van der Waals surface area contributed by atoms with E-state index < -0.39 is 5.97 Å². The maximum absolute atomic E-state index is 12.8. The summed E-state index contributed by atoms with van der Waals surface area (Å²) in [5.74, 6) is 0.120. The predicted octanol–water partition coefficient (Wildman–Crippen LogP) is 5.40. The van der Waals surface area contributed by atoms with Crippen molar-refractivity contribution in [3.63, 3.8) is 0 Å². The van der Waals surface area contributed by atoms with Crippen LogP contribution in [0.5, 0.6) is 0 Å². The average molecular weight is 463 g/mol. The van der Waals surface area contributed by atoms with Crippen LogP contribution in [-0.4, -0.2) is 43.5 Å². The number of benzene rings is 2. The fraction of sp³-hybridized carbons (Fsp3) is 0.333. The molecule has 1 fully saturated rings. The number of hydrogen-bond donors (Lipinski definition) is 1. The van der Waals surface area contributed by atoms with E-state index in [1.165, 1.54) is 24.0 Å². The minimum absolute atomic E-state index is 0.0982. The van der Waals surface area contributed by atoms with E-state index in [1.807, 2.05) is 42.6 Å². The molecule has 0 unspecified atom stereocenters. The lowest BCUT2D eigenvalue weighted by Gasteiger charge is -2.31. The summed E-state index contributed by atoms with van der Waals surface area (Å²) in [5.41, 5.74) is 4.66. The summed E-state index contributed by atoms with van der Waals surface area (Å²) in [7, 11) is 1.37. The lowest BCUT2D eigenvalue weighted by atomic mass is 9.90. The summed E-state index contributed by atoms with van der Waals surface area (Å²) >= 11 is 1.36. The maximum atomic E-state index is 12.8. The molecule has 0 aliphatic carbocycles. The lowest BCUT2D eigenvalue weighted by molar-refractivity contribution is -0.117. The third kappa shape index (κ3) is 5.89. The molecule has 2 heterocycles. The highest BCUT2D eigenvalue weighted by Crippen LogP contribution is 2.36. The van der Waals surface area contributed by atoms with Gasteiger partial charge in [0.25, 0.3) is 0 Å². The first-order valence-electron chi connectivity index (χ1n) is 11.4.